The van der Waals surface area contributed by atoms with Gasteiger partial charge in [-0.2, -0.15) is 0 Å². The summed E-state index contributed by atoms with van der Waals surface area (Å²) in [7, 11) is 0. The van der Waals surface area contributed by atoms with Crippen LogP contribution in [0.25, 0.3) is 0 Å². The summed E-state index contributed by atoms with van der Waals surface area (Å²) in [6.07, 6.45) is 80.5. The summed E-state index contributed by atoms with van der Waals surface area (Å²) in [5, 5.41) is 0. The van der Waals surface area contributed by atoms with E-state index in [0.29, 0.717) is 19.3 Å². The maximum Gasteiger partial charge on any atom is 0.306 e. The molecule has 0 saturated carbocycles. The summed E-state index contributed by atoms with van der Waals surface area (Å²) in [6, 6.07) is 0. The van der Waals surface area contributed by atoms with E-state index in [2.05, 4.69) is 93.7 Å². The van der Waals surface area contributed by atoms with Crippen molar-refractivity contribution in [3.05, 3.63) is 72.9 Å². The average molecular weight is 1030 g/mol. The summed E-state index contributed by atoms with van der Waals surface area (Å²) < 4.78 is 16.9. The number of carbonyl (C=O) groups is 3. The number of hydrogen-bond donors (Lipinski definition) is 0. The van der Waals surface area contributed by atoms with Gasteiger partial charge in [-0.1, -0.05) is 293 Å². The van der Waals surface area contributed by atoms with Gasteiger partial charge in [0.05, 0.1) is 0 Å². The highest BCUT2D eigenvalue weighted by Crippen LogP contribution is 2.17. The first-order valence-corrected chi connectivity index (χ1v) is 31.9. The Kier molecular flexibility index (Phi) is 59.7. The molecule has 0 aliphatic carbocycles. The Morgan fingerprint density at radius 3 is 0.865 bits per heavy atom. The first-order chi connectivity index (χ1) is 36.5. The molecule has 6 heteroatoms. The minimum absolute atomic E-state index is 0.0793. The minimum Gasteiger partial charge on any atom is -0.462 e. The van der Waals surface area contributed by atoms with Crippen LogP contribution in [0, 0.1) is 0 Å². The second-order valence-electron chi connectivity index (χ2n) is 21.3. The lowest BCUT2D eigenvalue weighted by atomic mass is 10.0. The number of ether oxygens (including phenoxy) is 3. The fourth-order valence-corrected chi connectivity index (χ4v) is 9.16. The second-order valence-corrected chi connectivity index (χ2v) is 21.3. The molecular formula is C68H120O6. The summed E-state index contributed by atoms with van der Waals surface area (Å²) in [5.41, 5.74) is 0. The molecule has 0 aliphatic heterocycles. The Morgan fingerprint density at radius 1 is 0.284 bits per heavy atom. The molecule has 0 N–H and O–H groups in total. The Bertz CT molecular complexity index is 1370. The zero-order chi connectivity index (χ0) is 53.6. The van der Waals surface area contributed by atoms with Crippen molar-refractivity contribution in [2.45, 2.75) is 329 Å². The van der Waals surface area contributed by atoms with Gasteiger partial charge in [-0.25, -0.2) is 0 Å². The van der Waals surface area contributed by atoms with E-state index in [9.17, 15) is 14.4 Å². The third-order valence-corrected chi connectivity index (χ3v) is 13.9. The molecule has 0 radical (unpaired) electrons. The molecule has 0 aromatic heterocycles. The van der Waals surface area contributed by atoms with Crippen LogP contribution < -0.4 is 0 Å². The zero-order valence-electron chi connectivity index (χ0n) is 49.1. The van der Waals surface area contributed by atoms with Crippen molar-refractivity contribution in [1.29, 1.82) is 0 Å². The van der Waals surface area contributed by atoms with Crippen molar-refractivity contribution in [1.82, 2.24) is 0 Å². The topological polar surface area (TPSA) is 78.9 Å². The van der Waals surface area contributed by atoms with Crippen molar-refractivity contribution < 1.29 is 28.6 Å². The van der Waals surface area contributed by atoms with Crippen LogP contribution in [0.3, 0.4) is 0 Å². The molecule has 74 heavy (non-hydrogen) atoms. The predicted molar refractivity (Wildman–Crippen MR) is 321 cm³/mol. The van der Waals surface area contributed by atoms with E-state index in [1.54, 1.807) is 0 Å². The van der Waals surface area contributed by atoms with Crippen LogP contribution in [0.5, 0.6) is 0 Å². The zero-order valence-corrected chi connectivity index (χ0v) is 49.1. The van der Waals surface area contributed by atoms with Crippen LogP contribution in [-0.2, 0) is 28.6 Å². The van der Waals surface area contributed by atoms with Crippen LogP contribution in [0.4, 0.5) is 0 Å². The quantitative estimate of drug-likeness (QED) is 0.0261. The van der Waals surface area contributed by atoms with E-state index in [1.807, 2.05) is 0 Å². The SMILES string of the molecule is CC/C=C\C/C=C\C/C=C\C/C=C\CCCCCCCCCCCCC(=O)OCC(COC(=O)CCCCCCC/C=C\C/C=C\CCCC)OC(=O)CCCCCCCCCCCCCCCCCCCCC. The van der Waals surface area contributed by atoms with Crippen LogP contribution >= 0.6 is 0 Å². The summed E-state index contributed by atoms with van der Waals surface area (Å²) >= 11 is 0. The van der Waals surface area contributed by atoms with Crippen LogP contribution in [0.15, 0.2) is 72.9 Å². The van der Waals surface area contributed by atoms with Gasteiger partial charge >= 0.3 is 17.9 Å². The predicted octanol–water partition coefficient (Wildman–Crippen LogP) is 21.7. The van der Waals surface area contributed by atoms with Crippen LogP contribution in [-0.4, -0.2) is 37.2 Å². The summed E-state index contributed by atoms with van der Waals surface area (Å²) in [6.45, 7) is 6.52. The molecule has 0 spiro atoms. The van der Waals surface area contributed by atoms with E-state index >= 15 is 0 Å². The van der Waals surface area contributed by atoms with Crippen molar-refractivity contribution in [3.8, 4) is 0 Å². The Morgan fingerprint density at radius 2 is 0.541 bits per heavy atom. The Labute approximate surface area is 459 Å². The van der Waals surface area contributed by atoms with Gasteiger partial charge < -0.3 is 14.2 Å². The molecule has 6 nitrogen and oxygen atoms in total. The summed E-state index contributed by atoms with van der Waals surface area (Å²) in [4.78, 5) is 38.3. The first-order valence-electron chi connectivity index (χ1n) is 31.9. The molecule has 0 aliphatic rings. The van der Waals surface area contributed by atoms with E-state index < -0.39 is 6.10 Å². The largest absolute Gasteiger partial charge is 0.462 e. The van der Waals surface area contributed by atoms with Crippen LogP contribution in [0.2, 0.25) is 0 Å². The van der Waals surface area contributed by atoms with Crippen molar-refractivity contribution in [3.63, 3.8) is 0 Å². The average Bonchev–Trinajstić information content (AvgIpc) is 3.40. The second kappa shape index (κ2) is 62.4. The standard InChI is InChI=1S/C68H120O6/c1-4-7-10-13-16-19-22-25-28-30-32-33-34-35-37-38-40-43-46-49-52-55-58-61-67(70)73-64-65(63-72-66(69)60-57-54-51-48-45-42-27-24-21-18-15-12-9-6-3)74-68(71)62-59-56-53-50-47-44-41-39-36-31-29-26-23-20-17-14-11-8-5-2/h7,10,15-16,18-19,24-25,27-28,32-33,65H,4-6,8-9,11-14,17,20-23,26,29-31,34-64H2,1-3H3/b10-7-,18-15-,19-16-,27-24-,28-25-,33-32-. The summed E-state index contributed by atoms with van der Waals surface area (Å²) in [5.74, 6) is -0.880. The number of esters is 3. The number of carbonyl (C=O) groups excluding carboxylic acids is 3. The van der Waals surface area contributed by atoms with E-state index in [4.69, 9.17) is 14.2 Å². The maximum absolute atomic E-state index is 12.9. The highest BCUT2D eigenvalue weighted by Gasteiger charge is 2.19. The van der Waals surface area contributed by atoms with E-state index in [-0.39, 0.29) is 31.1 Å². The molecule has 0 rings (SSSR count). The lowest BCUT2D eigenvalue weighted by Gasteiger charge is -2.18. The van der Waals surface area contributed by atoms with Gasteiger partial charge in [0, 0.05) is 19.3 Å². The van der Waals surface area contributed by atoms with Crippen LogP contribution in [0.1, 0.15) is 323 Å². The molecular weight excluding hydrogens is 913 g/mol. The third-order valence-electron chi connectivity index (χ3n) is 13.9. The highest BCUT2D eigenvalue weighted by molar-refractivity contribution is 5.71. The number of hydrogen-bond acceptors (Lipinski definition) is 6. The van der Waals surface area contributed by atoms with E-state index in [0.717, 1.165) is 103 Å². The lowest BCUT2D eigenvalue weighted by Crippen LogP contribution is -2.30. The van der Waals surface area contributed by atoms with Gasteiger partial charge in [-0.05, 0) is 83.5 Å². The molecule has 0 aromatic rings. The monoisotopic (exact) mass is 1030 g/mol. The van der Waals surface area contributed by atoms with Gasteiger partial charge in [0.2, 0.25) is 0 Å². The first kappa shape index (κ1) is 70.8. The maximum atomic E-state index is 12.9. The molecule has 1 unspecified atom stereocenters. The highest BCUT2D eigenvalue weighted by atomic mass is 16.6. The van der Waals surface area contributed by atoms with Gasteiger partial charge in [0.15, 0.2) is 6.10 Å². The molecule has 1 atom stereocenters. The van der Waals surface area contributed by atoms with Gasteiger partial charge in [0.25, 0.3) is 0 Å². The molecule has 0 saturated heterocycles. The molecule has 0 fully saturated rings. The van der Waals surface area contributed by atoms with Crippen molar-refractivity contribution in [2.75, 3.05) is 13.2 Å². The smallest absolute Gasteiger partial charge is 0.306 e. The van der Waals surface area contributed by atoms with Gasteiger partial charge in [0.1, 0.15) is 13.2 Å². The normalized spacial score (nSPS) is 12.5. The number of allylic oxidation sites excluding steroid dienone is 12. The molecule has 428 valence electrons. The Balaban J connectivity index is 4.33. The number of rotatable bonds is 58. The van der Waals surface area contributed by atoms with E-state index in [1.165, 1.54) is 180 Å². The van der Waals surface area contributed by atoms with Crippen molar-refractivity contribution in [2.24, 2.45) is 0 Å². The minimum atomic E-state index is -0.782. The molecule has 0 aromatic carbocycles. The fraction of sp³-hybridized carbons (Fsp3) is 0.779. The van der Waals surface area contributed by atoms with Crippen molar-refractivity contribution >= 4 is 17.9 Å². The molecule has 0 bridgehead atoms. The number of unbranched alkanes of at least 4 members (excludes halogenated alkanes) is 35. The molecule has 0 heterocycles. The lowest BCUT2D eigenvalue weighted by molar-refractivity contribution is -0.167. The van der Waals surface area contributed by atoms with Gasteiger partial charge in [-0.15, -0.1) is 0 Å². The fourth-order valence-electron chi connectivity index (χ4n) is 9.16. The third kappa shape index (κ3) is 59.7. The van der Waals surface area contributed by atoms with Gasteiger partial charge in [-0.3, -0.25) is 14.4 Å². The Hall–Kier alpha value is -3.15. The molecule has 0 amide bonds.